The van der Waals surface area contributed by atoms with Crippen LogP contribution in [0.4, 0.5) is 0 Å². The second-order valence-corrected chi connectivity index (χ2v) is 5.79. The highest BCUT2D eigenvalue weighted by atomic mass is 79.9. The predicted molar refractivity (Wildman–Crippen MR) is 72.5 cm³/mol. The van der Waals surface area contributed by atoms with Gasteiger partial charge in [0.25, 0.3) is 0 Å². The van der Waals surface area contributed by atoms with E-state index in [1.54, 1.807) is 18.4 Å². The van der Waals surface area contributed by atoms with Gasteiger partial charge in [0, 0.05) is 30.4 Å². The molecule has 0 amide bonds. The number of halogens is 1. The number of methoxy groups -OCH3 is 1. The van der Waals surface area contributed by atoms with Crippen LogP contribution in [0.2, 0.25) is 0 Å². The van der Waals surface area contributed by atoms with Crippen molar-refractivity contribution >= 4 is 27.3 Å². The maximum atomic E-state index is 5.11. The molecule has 0 saturated heterocycles. The fourth-order valence-corrected chi connectivity index (χ4v) is 2.89. The summed E-state index contributed by atoms with van der Waals surface area (Å²) >= 11 is 5.27. The van der Waals surface area contributed by atoms with E-state index in [-0.39, 0.29) is 0 Å². The first kappa shape index (κ1) is 14.1. The Morgan fingerprint density at radius 1 is 1.38 bits per heavy atom. The average molecular weight is 307 g/mol. The van der Waals surface area contributed by atoms with Gasteiger partial charge in [-0.25, -0.2) is 4.98 Å². The van der Waals surface area contributed by atoms with E-state index in [1.165, 1.54) is 9.88 Å². The standard InChI is InChI=1S/C11H19BrN2OS/c1-9-10(2)16-11(13-9)8-14(5-4-12)6-7-15-3/h4-8H2,1-3H3. The van der Waals surface area contributed by atoms with E-state index >= 15 is 0 Å². The van der Waals surface area contributed by atoms with Gasteiger partial charge in [-0.05, 0) is 13.8 Å². The molecule has 0 aromatic carbocycles. The Morgan fingerprint density at radius 2 is 2.12 bits per heavy atom. The van der Waals surface area contributed by atoms with E-state index in [1.807, 2.05) is 0 Å². The lowest BCUT2D eigenvalue weighted by Gasteiger charge is -2.19. The van der Waals surface area contributed by atoms with Gasteiger partial charge in [0.15, 0.2) is 0 Å². The number of thiazole rings is 1. The molecule has 16 heavy (non-hydrogen) atoms. The molecule has 1 aromatic heterocycles. The van der Waals surface area contributed by atoms with Crippen molar-refractivity contribution in [2.45, 2.75) is 20.4 Å². The maximum Gasteiger partial charge on any atom is 0.107 e. The first-order chi connectivity index (χ1) is 7.67. The number of alkyl halides is 1. The lowest BCUT2D eigenvalue weighted by molar-refractivity contribution is 0.148. The molecule has 0 bridgehead atoms. The molecule has 0 atom stereocenters. The molecule has 1 rings (SSSR count). The summed E-state index contributed by atoms with van der Waals surface area (Å²) in [5.41, 5.74) is 1.16. The third kappa shape index (κ3) is 4.49. The fraction of sp³-hybridized carbons (Fsp3) is 0.727. The van der Waals surface area contributed by atoms with Crippen LogP contribution in [0.1, 0.15) is 15.6 Å². The minimum absolute atomic E-state index is 0.774. The van der Waals surface area contributed by atoms with E-state index in [0.29, 0.717) is 0 Å². The Labute approximate surface area is 110 Å². The van der Waals surface area contributed by atoms with E-state index in [0.717, 1.165) is 37.3 Å². The van der Waals surface area contributed by atoms with Crippen molar-refractivity contribution in [3.63, 3.8) is 0 Å². The summed E-state index contributed by atoms with van der Waals surface area (Å²) in [7, 11) is 1.74. The first-order valence-corrected chi connectivity index (χ1v) is 7.31. The molecule has 0 radical (unpaired) electrons. The van der Waals surface area contributed by atoms with E-state index in [4.69, 9.17) is 4.74 Å². The van der Waals surface area contributed by atoms with Crippen LogP contribution in [-0.4, -0.2) is 42.0 Å². The molecule has 0 aliphatic heterocycles. The summed E-state index contributed by atoms with van der Waals surface area (Å²) in [6.45, 7) is 7.88. The maximum absolute atomic E-state index is 5.11. The Kier molecular flexibility index (Phi) is 6.49. The van der Waals surface area contributed by atoms with Crippen molar-refractivity contribution in [3.05, 3.63) is 15.6 Å². The Hall–Kier alpha value is 0.0300. The van der Waals surface area contributed by atoms with Crippen LogP contribution in [0.5, 0.6) is 0 Å². The summed E-state index contributed by atoms with van der Waals surface area (Å²) < 4.78 is 5.11. The molecule has 3 nitrogen and oxygen atoms in total. The molecule has 0 spiro atoms. The zero-order valence-electron chi connectivity index (χ0n) is 10.1. The highest BCUT2D eigenvalue weighted by Gasteiger charge is 2.09. The monoisotopic (exact) mass is 306 g/mol. The van der Waals surface area contributed by atoms with E-state index in [2.05, 4.69) is 39.7 Å². The van der Waals surface area contributed by atoms with Crippen molar-refractivity contribution in [1.29, 1.82) is 0 Å². The molecule has 0 aliphatic carbocycles. The van der Waals surface area contributed by atoms with Gasteiger partial charge in [0.1, 0.15) is 5.01 Å². The molecule has 5 heteroatoms. The van der Waals surface area contributed by atoms with Gasteiger partial charge in [-0.15, -0.1) is 11.3 Å². The van der Waals surface area contributed by atoms with Crippen LogP contribution in [0.25, 0.3) is 0 Å². The minimum Gasteiger partial charge on any atom is -0.383 e. The summed E-state index contributed by atoms with van der Waals surface area (Å²) in [6.07, 6.45) is 0. The molecule has 0 unspecified atom stereocenters. The molecular formula is C11H19BrN2OS. The number of ether oxygens (including phenoxy) is 1. The number of rotatable bonds is 7. The summed E-state index contributed by atoms with van der Waals surface area (Å²) in [6, 6.07) is 0. The van der Waals surface area contributed by atoms with Gasteiger partial charge in [-0.1, -0.05) is 15.9 Å². The van der Waals surface area contributed by atoms with Crippen LogP contribution >= 0.6 is 27.3 Å². The lowest BCUT2D eigenvalue weighted by atomic mass is 10.4. The molecule has 1 aromatic rings. The Morgan fingerprint density at radius 3 is 2.62 bits per heavy atom. The summed E-state index contributed by atoms with van der Waals surface area (Å²) in [5.74, 6) is 0. The molecule has 1 heterocycles. The van der Waals surface area contributed by atoms with Crippen molar-refractivity contribution in [2.24, 2.45) is 0 Å². The van der Waals surface area contributed by atoms with Crippen LogP contribution < -0.4 is 0 Å². The Bertz CT molecular complexity index is 297. The number of hydrogen-bond donors (Lipinski definition) is 0. The normalized spacial score (nSPS) is 11.3. The molecule has 92 valence electrons. The third-order valence-corrected chi connectivity index (χ3v) is 3.86. The van der Waals surface area contributed by atoms with Crippen LogP contribution in [-0.2, 0) is 11.3 Å². The van der Waals surface area contributed by atoms with E-state index in [9.17, 15) is 0 Å². The first-order valence-electron chi connectivity index (χ1n) is 5.37. The van der Waals surface area contributed by atoms with Crippen molar-refractivity contribution < 1.29 is 4.74 Å². The zero-order valence-corrected chi connectivity index (χ0v) is 12.5. The average Bonchev–Trinajstić information content (AvgIpc) is 2.55. The van der Waals surface area contributed by atoms with Crippen LogP contribution in [0.15, 0.2) is 0 Å². The van der Waals surface area contributed by atoms with E-state index < -0.39 is 0 Å². The van der Waals surface area contributed by atoms with Gasteiger partial charge >= 0.3 is 0 Å². The van der Waals surface area contributed by atoms with Gasteiger partial charge in [-0.2, -0.15) is 0 Å². The van der Waals surface area contributed by atoms with Gasteiger partial charge in [0.2, 0.25) is 0 Å². The molecule has 0 aliphatic rings. The van der Waals surface area contributed by atoms with Gasteiger partial charge in [-0.3, -0.25) is 4.90 Å². The predicted octanol–water partition coefficient (Wildman–Crippen LogP) is 2.60. The fourth-order valence-electron chi connectivity index (χ4n) is 1.41. The van der Waals surface area contributed by atoms with Crippen LogP contribution in [0.3, 0.4) is 0 Å². The SMILES string of the molecule is COCCN(CCBr)Cc1nc(C)c(C)s1. The largest absolute Gasteiger partial charge is 0.383 e. The number of aromatic nitrogens is 1. The zero-order chi connectivity index (χ0) is 12.0. The number of aryl methyl sites for hydroxylation is 2. The molecule has 0 fully saturated rings. The second-order valence-electron chi connectivity index (χ2n) is 3.71. The Balaban J connectivity index is 2.52. The summed E-state index contributed by atoms with van der Waals surface area (Å²) in [4.78, 5) is 8.24. The number of nitrogens with zero attached hydrogens (tertiary/aromatic N) is 2. The third-order valence-electron chi connectivity index (χ3n) is 2.44. The van der Waals surface area contributed by atoms with Gasteiger partial charge in [0.05, 0.1) is 18.8 Å². The number of hydrogen-bond acceptors (Lipinski definition) is 4. The lowest BCUT2D eigenvalue weighted by Crippen LogP contribution is -2.28. The van der Waals surface area contributed by atoms with Crippen molar-refractivity contribution in [2.75, 3.05) is 32.1 Å². The molecule has 0 saturated carbocycles. The second kappa shape index (κ2) is 7.37. The molecule has 0 N–H and O–H groups in total. The topological polar surface area (TPSA) is 25.4 Å². The highest BCUT2D eigenvalue weighted by Crippen LogP contribution is 2.17. The summed E-state index contributed by atoms with van der Waals surface area (Å²) in [5, 5.41) is 2.19. The molecular weight excluding hydrogens is 288 g/mol. The highest BCUT2D eigenvalue weighted by molar-refractivity contribution is 9.09. The van der Waals surface area contributed by atoms with Crippen molar-refractivity contribution in [3.8, 4) is 0 Å². The smallest absolute Gasteiger partial charge is 0.107 e. The van der Waals surface area contributed by atoms with Gasteiger partial charge < -0.3 is 4.74 Å². The van der Waals surface area contributed by atoms with Crippen LogP contribution in [0, 0.1) is 13.8 Å². The van der Waals surface area contributed by atoms with Crippen molar-refractivity contribution in [1.82, 2.24) is 9.88 Å². The quantitative estimate of drug-likeness (QED) is 0.724. The minimum atomic E-state index is 0.774.